The number of hydrogen-bond acceptors (Lipinski definition) is 4. The maximum atomic E-state index is 4.05. The van der Waals surface area contributed by atoms with Gasteiger partial charge in [0.2, 0.25) is 0 Å². The zero-order chi connectivity index (χ0) is 11.5. The molecular weight excluding hydrogens is 188 g/mol. The highest BCUT2D eigenvalue weighted by molar-refractivity contribution is 6.03. The number of aliphatic imine (C=N–C) groups is 1. The Kier molecular flexibility index (Phi) is 7.67. The number of nitrogens with zero attached hydrogens (tertiary/aromatic N) is 2. The monoisotopic (exact) mass is 206 g/mol. The van der Waals surface area contributed by atoms with Gasteiger partial charge in [0.05, 0.1) is 11.9 Å². The zero-order valence-electron chi connectivity index (χ0n) is 9.33. The molecule has 0 spiro atoms. The van der Waals surface area contributed by atoms with E-state index >= 15 is 0 Å². The van der Waals surface area contributed by atoms with Crippen LogP contribution in [-0.4, -0.2) is 26.0 Å². The molecule has 0 aliphatic heterocycles. The van der Waals surface area contributed by atoms with Gasteiger partial charge in [0.1, 0.15) is 0 Å². The molecule has 0 amide bonds. The second-order valence-electron chi connectivity index (χ2n) is 2.66. The molecule has 0 radical (unpaired) electrons. The van der Waals surface area contributed by atoms with Crippen molar-refractivity contribution >= 4 is 12.4 Å². The van der Waals surface area contributed by atoms with Gasteiger partial charge in [-0.05, 0) is 13.0 Å². The third kappa shape index (κ3) is 7.25. The molecule has 4 nitrogen and oxygen atoms in total. The largest absolute Gasteiger partial charge is 0.387 e. The fourth-order valence-corrected chi connectivity index (χ4v) is 0.686. The van der Waals surface area contributed by atoms with Crippen LogP contribution in [0.5, 0.6) is 0 Å². The molecule has 82 valence electrons. The molecule has 0 aliphatic carbocycles. The molecule has 0 bridgehead atoms. The lowest BCUT2D eigenvalue weighted by Gasteiger charge is -1.95. The summed E-state index contributed by atoms with van der Waals surface area (Å²) in [5.74, 6) is 0. The smallest absolute Gasteiger partial charge is 0.0549 e. The minimum atomic E-state index is 0.728. The van der Waals surface area contributed by atoms with Crippen molar-refractivity contribution in [1.82, 2.24) is 10.7 Å². The van der Waals surface area contributed by atoms with E-state index in [1.807, 2.05) is 14.0 Å². The van der Waals surface area contributed by atoms with E-state index in [-0.39, 0.29) is 0 Å². The Morgan fingerprint density at radius 3 is 2.67 bits per heavy atom. The molecule has 0 fully saturated rings. The quantitative estimate of drug-likeness (QED) is 0.376. The molecule has 4 heteroatoms. The van der Waals surface area contributed by atoms with Gasteiger partial charge in [0.15, 0.2) is 0 Å². The summed E-state index contributed by atoms with van der Waals surface area (Å²) in [6.07, 6.45) is 6.60. The van der Waals surface area contributed by atoms with E-state index in [0.717, 1.165) is 17.8 Å². The molecular formula is C11H18N4. The van der Waals surface area contributed by atoms with E-state index < -0.39 is 0 Å². The number of hydrazone groups is 1. The predicted molar refractivity (Wildman–Crippen MR) is 67.1 cm³/mol. The van der Waals surface area contributed by atoms with Crippen molar-refractivity contribution in [2.75, 3.05) is 13.6 Å². The van der Waals surface area contributed by atoms with E-state index in [0.29, 0.717) is 0 Å². The molecule has 0 unspecified atom stereocenters. The minimum Gasteiger partial charge on any atom is -0.387 e. The van der Waals surface area contributed by atoms with Crippen LogP contribution in [0.4, 0.5) is 0 Å². The average molecular weight is 206 g/mol. The normalized spacial score (nSPS) is 12.0. The van der Waals surface area contributed by atoms with E-state index in [4.69, 9.17) is 0 Å². The van der Waals surface area contributed by atoms with Crippen molar-refractivity contribution < 1.29 is 0 Å². The third-order valence-corrected chi connectivity index (χ3v) is 1.44. The number of likely N-dealkylation sites (N-methyl/N-ethyl adjacent to an activating group) is 1. The molecule has 0 rings (SSSR count). The van der Waals surface area contributed by atoms with Gasteiger partial charge in [-0.2, -0.15) is 5.10 Å². The molecule has 0 aromatic heterocycles. The maximum Gasteiger partial charge on any atom is 0.0549 e. The molecule has 0 saturated carbocycles. The number of nitrogens with one attached hydrogen (secondary N) is 2. The Balaban J connectivity index is 4.11. The lowest BCUT2D eigenvalue weighted by Crippen LogP contribution is -2.03. The van der Waals surface area contributed by atoms with Crippen LogP contribution in [0.1, 0.15) is 6.92 Å². The third-order valence-electron chi connectivity index (χ3n) is 1.44. The van der Waals surface area contributed by atoms with Crippen LogP contribution in [0, 0.1) is 0 Å². The van der Waals surface area contributed by atoms with E-state index in [1.54, 1.807) is 24.7 Å². The minimum absolute atomic E-state index is 0.728. The Morgan fingerprint density at radius 2 is 2.13 bits per heavy atom. The van der Waals surface area contributed by atoms with Crippen molar-refractivity contribution in [2.45, 2.75) is 6.92 Å². The van der Waals surface area contributed by atoms with Crippen molar-refractivity contribution in [3.05, 3.63) is 36.7 Å². The number of rotatable bonds is 7. The van der Waals surface area contributed by atoms with Gasteiger partial charge in [-0.15, -0.1) is 0 Å². The standard InChI is InChI=1S/C11H18N4/c1-5-11(12-4)9-13-7-10(3)8-15-14-6-2/h5,7-9,12,14H,1,3,6H2,2,4H3/b11-9+,13-7?,15-8-. The fraction of sp³-hybridized carbons (Fsp3) is 0.273. The molecule has 0 saturated heterocycles. The van der Waals surface area contributed by atoms with Crippen LogP contribution in [0.15, 0.2) is 46.8 Å². The highest BCUT2D eigenvalue weighted by atomic mass is 15.3. The van der Waals surface area contributed by atoms with Crippen LogP contribution in [0.3, 0.4) is 0 Å². The summed E-state index contributed by atoms with van der Waals surface area (Å²) in [7, 11) is 1.81. The van der Waals surface area contributed by atoms with Gasteiger partial charge in [0.25, 0.3) is 0 Å². The van der Waals surface area contributed by atoms with Gasteiger partial charge >= 0.3 is 0 Å². The van der Waals surface area contributed by atoms with E-state index in [2.05, 4.69) is 34.0 Å². The van der Waals surface area contributed by atoms with Crippen molar-refractivity contribution in [3.63, 3.8) is 0 Å². The first-order valence-electron chi connectivity index (χ1n) is 4.73. The van der Waals surface area contributed by atoms with Gasteiger partial charge in [-0.1, -0.05) is 13.2 Å². The van der Waals surface area contributed by atoms with Crippen molar-refractivity contribution in [1.29, 1.82) is 0 Å². The van der Waals surface area contributed by atoms with Crippen molar-refractivity contribution in [3.8, 4) is 0 Å². The average Bonchev–Trinajstić information content (AvgIpc) is 2.25. The summed E-state index contributed by atoms with van der Waals surface area (Å²) in [6.45, 7) is 10.2. The molecule has 0 aromatic carbocycles. The zero-order valence-corrected chi connectivity index (χ0v) is 9.33. The first kappa shape index (κ1) is 13.2. The van der Waals surface area contributed by atoms with Crippen LogP contribution in [0.25, 0.3) is 0 Å². The SMILES string of the molecule is C=C/C(=C\N=CC(=C)/C=N\NCC)NC. The van der Waals surface area contributed by atoms with Gasteiger partial charge in [-0.25, -0.2) is 0 Å². The first-order valence-corrected chi connectivity index (χ1v) is 4.73. The topological polar surface area (TPSA) is 48.8 Å². The van der Waals surface area contributed by atoms with Crippen LogP contribution >= 0.6 is 0 Å². The van der Waals surface area contributed by atoms with Crippen LogP contribution in [0.2, 0.25) is 0 Å². The second-order valence-corrected chi connectivity index (χ2v) is 2.66. The summed E-state index contributed by atoms with van der Waals surface area (Å²) in [5, 5.41) is 6.84. The van der Waals surface area contributed by atoms with Gasteiger partial charge in [0, 0.05) is 31.6 Å². The molecule has 15 heavy (non-hydrogen) atoms. The summed E-state index contributed by atoms with van der Waals surface area (Å²) in [5.41, 5.74) is 4.38. The summed E-state index contributed by atoms with van der Waals surface area (Å²) >= 11 is 0. The number of hydrogen-bond donors (Lipinski definition) is 2. The molecule has 2 N–H and O–H groups in total. The summed E-state index contributed by atoms with van der Waals surface area (Å²) < 4.78 is 0. The molecule has 0 heterocycles. The number of allylic oxidation sites excluding steroid dienone is 2. The fourth-order valence-electron chi connectivity index (χ4n) is 0.686. The Morgan fingerprint density at radius 1 is 1.40 bits per heavy atom. The van der Waals surface area contributed by atoms with E-state index in [9.17, 15) is 0 Å². The predicted octanol–water partition coefficient (Wildman–Crippen LogP) is 1.46. The molecule has 0 aromatic rings. The second kappa shape index (κ2) is 8.74. The summed E-state index contributed by atoms with van der Waals surface area (Å²) in [4.78, 5) is 4.05. The van der Waals surface area contributed by atoms with Gasteiger partial charge < -0.3 is 10.7 Å². The first-order chi connectivity index (χ1) is 7.24. The highest BCUT2D eigenvalue weighted by Crippen LogP contribution is 1.89. The molecule has 0 aliphatic rings. The Hall–Kier alpha value is -1.84. The van der Waals surface area contributed by atoms with Crippen LogP contribution < -0.4 is 10.7 Å². The summed E-state index contributed by atoms with van der Waals surface area (Å²) in [6, 6.07) is 0. The Bertz CT molecular complexity index is 287. The van der Waals surface area contributed by atoms with Gasteiger partial charge in [-0.3, -0.25) is 4.99 Å². The van der Waals surface area contributed by atoms with Crippen molar-refractivity contribution in [2.24, 2.45) is 10.1 Å². The Labute approximate surface area is 91.2 Å². The lowest BCUT2D eigenvalue weighted by atomic mass is 10.4. The maximum absolute atomic E-state index is 4.05. The lowest BCUT2D eigenvalue weighted by molar-refractivity contribution is 0.788. The van der Waals surface area contributed by atoms with E-state index in [1.165, 1.54) is 0 Å². The molecule has 0 atom stereocenters. The van der Waals surface area contributed by atoms with Crippen LogP contribution in [-0.2, 0) is 0 Å². The highest BCUT2D eigenvalue weighted by Gasteiger charge is 1.83.